The number of para-hydroxylation sites is 2. The van der Waals surface area contributed by atoms with Crippen LogP contribution in [0.15, 0.2) is 48.5 Å². The van der Waals surface area contributed by atoms with E-state index in [1.165, 1.54) is 0 Å². The Hall–Kier alpha value is -2.93. The zero-order valence-electron chi connectivity index (χ0n) is 18.7. The van der Waals surface area contributed by atoms with Crippen LogP contribution in [0.3, 0.4) is 0 Å². The van der Waals surface area contributed by atoms with Gasteiger partial charge in [-0.25, -0.2) is 4.79 Å². The Morgan fingerprint density at radius 1 is 1.09 bits per heavy atom. The molecule has 3 rings (SSSR count). The molecular weight excluding hydrogens is 430 g/mol. The second-order valence-corrected chi connectivity index (χ2v) is 8.77. The van der Waals surface area contributed by atoms with Crippen molar-refractivity contribution in [1.29, 1.82) is 0 Å². The molecule has 7 nitrogen and oxygen atoms in total. The maximum Gasteiger partial charge on any atom is 0.321 e. The molecule has 0 atom stereocenters. The average Bonchev–Trinajstić information content (AvgIpc) is 2.79. The third-order valence-corrected chi connectivity index (χ3v) is 5.79. The maximum absolute atomic E-state index is 12.7. The number of likely N-dealkylation sites (tertiary alicyclic amines) is 1. The predicted octanol–water partition coefficient (Wildman–Crippen LogP) is 4.57. The molecule has 2 aromatic rings. The first-order valence-corrected chi connectivity index (χ1v) is 11.1. The minimum atomic E-state index is -1.01. The number of methoxy groups -OCH3 is 1. The fraction of sp³-hybridized carbons (Fsp3) is 0.417. The molecule has 2 aromatic carbocycles. The van der Waals surface area contributed by atoms with E-state index in [1.807, 2.05) is 24.3 Å². The highest BCUT2D eigenvalue weighted by atomic mass is 35.5. The molecule has 32 heavy (non-hydrogen) atoms. The quantitative estimate of drug-likeness (QED) is 0.635. The van der Waals surface area contributed by atoms with Crippen molar-refractivity contribution in [2.24, 2.45) is 5.92 Å². The van der Waals surface area contributed by atoms with Crippen LogP contribution in [-0.2, 0) is 4.79 Å². The van der Waals surface area contributed by atoms with Crippen LogP contribution in [0.25, 0.3) is 0 Å². The summed E-state index contributed by atoms with van der Waals surface area (Å²) in [5, 5.41) is 6.52. The molecule has 1 aliphatic rings. The van der Waals surface area contributed by atoms with Gasteiger partial charge in [0.05, 0.1) is 12.8 Å². The summed E-state index contributed by atoms with van der Waals surface area (Å²) in [5.74, 6) is 1.34. The fourth-order valence-electron chi connectivity index (χ4n) is 3.58. The molecule has 3 amide bonds. The van der Waals surface area contributed by atoms with E-state index in [4.69, 9.17) is 21.1 Å². The summed E-state index contributed by atoms with van der Waals surface area (Å²) in [6.07, 6.45) is 1.64. The number of urea groups is 1. The number of amides is 3. The molecule has 172 valence electrons. The van der Waals surface area contributed by atoms with Gasteiger partial charge in [-0.05, 0) is 69.0 Å². The minimum Gasteiger partial charge on any atom is -0.495 e. The molecule has 0 unspecified atom stereocenters. The summed E-state index contributed by atoms with van der Waals surface area (Å²) in [6, 6.07) is 14.1. The third-order valence-electron chi connectivity index (χ3n) is 5.54. The monoisotopic (exact) mass is 459 g/mol. The van der Waals surface area contributed by atoms with Crippen LogP contribution >= 0.6 is 11.6 Å². The van der Waals surface area contributed by atoms with Crippen LogP contribution in [-0.4, -0.2) is 49.2 Å². The highest BCUT2D eigenvalue weighted by molar-refractivity contribution is 6.30. The second kappa shape index (κ2) is 10.6. The van der Waals surface area contributed by atoms with E-state index in [0.717, 1.165) is 12.8 Å². The van der Waals surface area contributed by atoms with Crippen molar-refractivity contribution < 1.29 is 19.1 Å². The average molecular weight is 460 g/mol. The normalized spacial score (nSPS) is 14.6. The lowest BCUT2D eigenvalue weighted by molar-refractivity contribution is -0.134. The summed E-state index contributed by atoms with van der Waals surface area (Å²) in [4.78, 5) is 27.1. The summed E-state index contributed by atoms with van der Waals surface area (Å²) in [7, 11) is 1.58. The number of halogens is 1. The van der Waals surface area contributed by atoms with Gasteiger partial charge in [0.1, 0.15) is 11.5 Å². The fourth-order valence-corrected chi connectivity index (χ4v) is 3.70. The van der Waals surface area contributed by atoms with E-state index in [9.17, 15) is 9.59 Å². The van der Waals surface area contributed by atoms with Crippen molar-refractivity contribution in [3.8, 4) is 11.5 Å². The topological polar surface area (TPSA) is 79.9 Å². The van der Waals surface area contributed by atoms with E-state index < -0.39 is 5.60 Å². The molecule has 1 fully saturated rings. The number of hydrogen-bond donors (Lipinski definition) is 2. The zero-order chi connectivity index (χ0) is 23.1. The van der Waals surface area contributed by atoms with Gasteiger partial charge in [-0.15, -0.1) is 0 Å². The molecule has 1 aliphatic heterocycles. The molecule has 8 heteroatoms. The predicted molar refractivity (Wildman–Crippen MR) is 125 cm³/mol. The number of carbonyl (C=O) groups excluding carboxylic acids is 2. The lowest BCUT2D eigenvalue weighted by atomic mass is 9.96. The van der Waals surface area contributed by atoms with Crippen molar-refractivity contribution in [2.75, 3.05) is 32.1 Å². The largest absolute Gasteiger partial charge is 0.495 e. The van der Waals surface area contributed by atoms with Crippen molar-refractivity contribution in [1.82, 2.24) is 10.2 Å². The number of carbonyl (C=O) groups is 2. The van der Waals surface area contributed by atoms with Crippen LogP contribution in [0.1, 0.15) is 26.7 Å². The number of benzene rings is 2. The van der Waals surface area contributed by atoms with Crippen LogP contribution in [0.2, 0.25) is 5.02 Å². The number of nitrogens with zero attached hydrogens (tertiary/aromatic N) is 1. The van der Waals surface area contributed by atoms with Gasteiger partial charge in [0, 0.05) is 24.7 Å². The van der Waals surface area contributed by atoms with Crippen molar-refractivity contribution in [2.45, 2.75) is 32.3 Å². The highest BCUT2D eigenvalue weighted by Crippen LogP contribution is 2.25. The Labute approximate surface area is 194 Å². The summed E-state index contributed by atoms with van der Waals surface area (Å²) >= 11 is 5.90. The highest BCUT2D eigenvalue weighted by Gasteiger charge is 2.31. The van der Waals surface area contributed by atoms with E-state index in [0.29, 0.717) is 47.8 Å². The number of anilines is 1. The van der Waals surface area contributed by atoms with Gasteiger partial charge in [-0.1, -0.05) is 23.7 Å². The van der Waals surface area contributed by atoms with E-state index in [1.54, 1.807) is 50.1 Å². The van der Waals surface area contributed by atoms with Crippen molar-refractivity contribution in [3.63, 3.8) is 0 Å². The molecule has 0 bridgehead atoms. The van der Waals surface area contributed by atoms with Gasteiger partial charge in [0.2, 0.25) is 0 Å². The minimum absolute atomic E-state index is 0.144. The molecule has 0 spiro atoms. The lowest BCUT2D eigenvalue weighted by Crippen LogP contribution is -2.49. The van der Waals surface area contributed by atoms with Crippen LogP contribution in [0.5, 0.6) is 11.5 Å². The van der Waals surface area contributed by atoms with Gasteiger partial charge in [0.15, 0.2) is 5.60 Å². The first kappa shape index (κ1) is 23.7. The van der Waals surface area contributed by atoms with Gasteiger partial charge in [-0.2, -0.15) is 0 Å². The summed E-state index contributed by atoms with van der Waals surface area (Å²) < 4.78 is 11.1. The number of nitrogens with one attached hydrogen (secondary N) is 2. The second-order valence-electron chi connectivity index (χ2n) is 8.34. The molecule has 0 aromatic heterocycles. The van der Waals surface area contributed by atoms with E-state index in [2.05, 4.69) is 10.6 Å². The SMILES string of the molecule is COc1ccccc1NC(=O)N1CCC(CNC(=O)C(C)(C)Oc2ccc(Cl)cc2)CC1. The van der Waals surface area contributed by atoms with Gasteiger partial charge in [0.25, 0.3) is 5.91 Å². The first-order chi connectivity index (χ1) is 15.3. The van der Waals surface area contributed by atoms with Gasteiger partial charge < -0.3 is 25.0 Å². The third kappa shape index (κ3) is 6.29. The van der Waals surface area contributed by atoms with Crippen molar-refractivity contribution >= 4 is 29.2 Å². The van der Waals surface area contributed by atoms with Crippen LogP contribution < -0.4 is 20.1 Å². The lowest BCUT2D eigenvalue weighted by Gasteiger charge is -2.33. The van der Waals surface area contributed by atoms with Crippen LogP contribution in [0, 0.1) is 5.92 Å². The molecule has 0 radical (unpaired) electrons. The van der Waals surface area contributed by atoms with Gasteiger partial charge in [-0.3, -0.25) is 4.79 Å². The Bertz CT molecular complexity index is 925. The Kier molecular flexibility index (Phi) is 7.85. The summed E-state index contributed by atoms with van der Waals surface area (Å²) in [6.45, 7) is 5.29. The number of piperidine rings is 1. The van der Waals surface area contributed by atoms with Gasteiger partial charge >= 0.3 is 6.03 Å². The van der Waals surface area contributed by atoms with E-state index >= 15 is 0 Å². The maximum atomic E-state index is 12.7. The molecule has 0 aliphatic carbocycles. The smallest absolute Gasteiger partial charge is 0.321 e. The van der Waals surface area contributed by atoms with E-state index in [-0.39, 0.29) is 11.9 Å². The van der Waals surface area contributed by atoms with Crippen molar-refractivity contribution in [3.05, 3.63) is 53.6 Å². The molecule has 2 N–H and O–H groups in total. The zero-order valence-corrected chi connectivity index (χ0v) is 19.4. The Morgan fingerprint density at radius 3 is 2.41 bits per heavy atom. The molecule has 1 heterocycles. The molecular formula is C24H30ClN3O4. The number of rotatable bonds is 7. The number of hydrogen-bond acceptors (Lipinski definition) is 4. The Balaban J connectivity index is 1.43. The first-order valence-electron chi connectivity index (χ1n) is 10.7. The summed E-state index contributed by atoms with van der Waals surface area (Å²) in [5.41, 5.74) is -0.360. The molecule has 0 saturated carbocycles. The number of ether oxygens (including phenoxy) is 2. The molecule has 1 saturated heterocycles. The standard InChI is InChI=1S/C24H30ClN3O4/c1-24(2,32-19-10-8-18(25)9-11-19)22(29)26-16-17-12-14-28(15-13-17)23(30)27-20-6-4-5-7-21(20)31-3/h4-11,17H,12-16H2,1-3H3,(H,26,29)(H,27,30). The van der Waals surface area contributed by atoms with Crippen LogP contribution in [0.4, 0.5) is 10.5 Å². The Morgan fingerprint density at radius 2 is 1.75 bits per heavy atom.